The number of nitrogens with one attached hydrogen (secondary N) is 2. The van der Waals surface area contributed by atoms with E-state index >= 15 is 0 Å². The Morgan fingerprint density at radius 2 is 1.75 bits per heavy atom. The van der Waals surface area contributed by atoms with Crippen molar-refractivity contribution in [3.8, 4) is 0 Å². The van der Waals surface area contributed by atoms with Gasteiger partial charge in [-0.1, -0.05) is 0 Å². The van der Waals surface area contributed by atoms with Crippen LogP contribution < -0.4 is 10.6 Å². The van der Waals surface area contributed by atoms with Crippen molar-refractivity contribution in [1.29, 1.82) is 0 Å². The number of nitrogens with zero attached hydrogens (tertiary/aromatic N) is 1. The summed E-state index contributed by atoms with van der Waals surface area (Å²) in [5.41, 5.74) is 0. The lowest BCUT2D eigenvalue weighted by Crippen LogP contribution is -2.33. The smallest absolute Gasteiger partial charge is 0.322 e. The van der Waals surface area contributed by atoms with E-state index in [9.17, 15) is 24.5 Å². The quantitative estimate of drug-likeness (QED) is 0.253. The zero-order valence-corrected chi connectivity index (χ0v) is 10.8. The molecule has 0 saturated carbocycles. The Bertz CT molecular complexity index is 359. The van der Waals surface area contributed by atoms with E-state index in [1.165, 1.54) is 0 Å². The molecule has 20 heavy (non-hydrogen) atoms. The second-order valence-electron chi connectivity index (χ2n) is 3.78. The molecule has 0 aromatic carbocycles. The Kier molecular flexibility index (Phi) is 9.27. The summed E-state index contributed by atoms with van der Waals surface area (Å²) in [6.07, 6.45) is 0.986. The summed E-state index contributed by atoms with van der Waals surface area (Å²) in [5.74, 6) is -1.89. The van der Waals surface area contributed by atoms with Gasteiger partial charge >= 0.3 is 5.97 Å². The number of hydrogen-bond donors (Lipinski definition) is 3. The van der Waals surface area contributed by atoms with Gasteiger partial charge < -0.3 is 20.6 Å². The summed E-state index contributed by atoms with van der Waals surface area (Å²) in [6, 6.07) is 0. The first-order chi connectivity index (χ1) is 9.41. The van der Waals surface area contributed by atoms with Crippen LogP contribution in [0.15, 0.2) is 0 Å². The molecule has 10 nitrogen and oxygen atoms in total. The summed E-state index contributed by atoms with van der Waals surface area (Å²) in [6.45, 7) is -0.406. The lowest BCUT2D eigenvalue weighted by Gasteiger charge is -2.05. The molecular formula is C10H17N3O7. The fourth-order valence-corrected chi connectivity index (χ4v) is 1.19. The van der Waals surface area contributed by atoms with Gasteiger partial charge in [-0.3, -0.25) is 14.4 Å². The molecule has 3 N–H and O–H groups in total. The first kappa shape index (κ1) is 17.6. The van der Waals surface area contributed by atoms with Crippen LogP contribution >= 0.6 is 0 Å². The molecule has 0 spiro atoms. The SMILES string of the molecule is O=C(O)CNC(=O)CCNC(=O)CCCCO[N+](=O)[O-]. The molecule has 0 fully saturated rings. The molecule has 0 aliphatic carbocycles. The molecular weight excluding hydrogens is 274 g/mol. The second-order valence-corrected chi connectivity index (χ2v) is 3.78. The Morgan fingerprint density at radius 3 is 2.35 bits per heavy atom. The molecule has 0 aromatic rings. The summed E-state index contributed by atoms with van der Waals surface area (Å²) in [7, 11) is 0. The number of hydrogen-bond acceptors (Lipinski definition) is 6. The fourth-order valence-electron chi connectivity index (χ4n) is 1.19. The van der Waals surface area contributed by atoms with Crippen molar-refractivity contribution in [1.82, 2.24) is 10.6 Å². The molecule has 0 aliphatic heterocycles. The molecule has 0 unspecified atom stereocenters. The van der Waals surface area contributed by atoms with Crippen LogP contribution in [-0.4, -0.2) is 47.7 Å². The molecule has 2 amide bonds. The van der Waals surface area contributed by atoms with Gasteiger partial charge in [0, 0.05) is 19.4 Å². The Hall–Kier alpha value is -2.39. The van der Waals surface area contributed by atoms with Crippen LogP contribution in [0, 0.1) is 10.1 Å². The highest BCUT2D eigenvalue weighted by atomic mass is 16.9. The van der Waals surface area contributed by atoms with Crippen LogP contribution in [0.4, 0.5) is 0 Å². The molecule has 0 aliphatic rings. The largest absolute Gasteiger partial charge is 0.480 e. The Labute approximate surface area is 114 Å². The van der Waals surface area contributed by atoms with Crippen molar-refractivity contribution >= 4 is 17.8 Å². The summed E-state index contributed by atoms with van der Waals surface area (Å²) >= 11 is 0. The summed E-state index contributed by atoms with van der Waals surface area (Å²) in [5, 5.41) is 21.9. The van der Waals surface area contributed by atoms with Gasteiger partial charge in [-0.15, -0.1) is 10.1 Å². The number of aliphatic carboxylic acids is 1. The summed E-state index contributed by atoms with van der Waals surface area (Å²) in [4.78, 5) is 46.4. The number of unbranched alkanes of at least 4 members (excludes halogenated alkanes) is 1. The average molecular weight is 291 g/mol. The Morgan fingerprint density at radius 1 is 1.10 bits per heavy atom. The zero-order chi connectivity index (χ0) is 15.4. The minimum atomic E-state index is -1.14. The van der Waals surface area contributed by atoms with E-state index in [1.54, 1.807) is 0 Å². The van der Waals surface area contributed by atoms with Gasteiger partial charge in [0.1, 0.15) is 6.54 Å². The van der Waals surface area contributed by atoms with Crippen LogP contribution in [0.3, 0.4) is 0 Å². The van der Waals surface area contributed by atoms with Crippen LogP contribution in [-0.2, 0) is 19.2 Å². The van der Waals surface area contributed by atoms with E-state index < -0.39 is 23.5 Å². The third kappa shape index (κ3) is 12.1. The minimum Gasteiger partial charge on any atom is -0.480 e. The predicted octanol–water partition coefficient (Wildman–Crippen LogP) is -0.928. The van der Waals surface area contributed by atoms with Crippen LogP contribution in [0.1, 0.15) is 25.7 Å². The van der Waals surface area contributed by atoms with E-state index in [0.717, 1.165) is 0 Å². The third-order valence-corrected chi connectivity index (χ3v) is 2.11. The van der Waals surface area contributed by atoms with Gasteiger partial charge in [-0.2, -0.15) is 0 Å². The van der Waals surface area contributed by atoms with Gasteiger partial charge in [-0.25, -0.2) is 0 Å². The third-order valence-electron chi connectivity index (χ3n) is 2.11. The van der Waals surface area contributed by atoms with E-state index in [2.05, 4.69) is 15.5 Å². The van der Waals surface area contributed by atoms with Crippen molar-refractivity contribution in [2.24, 2.45) is 0 Å². The van der Waals surface area contributed by atoms with E-state index in [1.807, 2.05) is 0 Å². The first-order valence-electron chi connectivity index (χ1n) is 5.94. The fraction of sp³-hybridized carbons (Fsp3) is 0.700. The van der Waals surface area contributed by atoms with Gasteiger partial charge in [0.05, 0.1) is 6.61 Å². The molecule has 0 rings (SSSR count). The maximum absolute atomic E-state index is 11.3. The van der Waals surface area contributed by atoms with E-state index in [-0.39, 0.29) is 31.9 Å². The van der Waals surface area contributed by atoms with Crippen LogP contribution in [0.25, 0.3) is 0 Å². The lowest BCUT2D eigenvalue weighted by atomic mass is 10.2. The highest BCUT2D eigenvalue weighted by Gasteiger charge is 2.05. The highest BCUT2D eigenvalue weighted by molar-refractivity contribution is 5.82. The number of carbonyl (C=O) groups excluding carboxylic acids is 2. The molecule has 0 atom stereocenters. The number of rotatable bonds is 11. The molecule has 0 heterocycles. The van der Waals surface area contributed by atoms with Crippen molar-refractivity contribution in [2.45, 2.75) is 25.7 Å². The molecule has 0 radical (unpaired) electrons. The topological polar surface area (TPSA) is 148 Å². The number of carboxylic acid groups (broad SMARTS) is 1. The van der Waals surface area contributed by atoms with Gasteiger partial charge in [-0.05, 0) is 12.8 Å². The molecule has 10 heteroatoms. The zero-order valence-electron chi connectivity index (χ0n) is 10.8. The first-order valence-corrected chi connectivity index (χ1v) is 5.94. The number of carboxylic acids is 1. The van der Waals surface area contributed by atoms with E-state index in [0.29, 0.717) is 12.8 Å². The second kappa shape index (κ2) is 10.5. The standard InChI is InChI=1S/C10H17N3O7/c14-8(3-1-2-6-20-13(18)19)11-5-4-9(15)12-7-10(16)17/h1-7H2,(H,11,14)(H,12,15)(H,16,17). The number of amides is 2. The van der Waals surface area contributed by atoms with Gasteiger partial charge in [0.25, 0.3) is 5.09 Å². The van der Waals surface area contributed by atoms with Crippen molar-refractivity contribution in [2.75, 3.05) is 19.7 Å². The molecule has 114 valence electrons. The molecule has 0 bridgehead atoms. The van der Waals surface area contributed by atoms with Crippen LogP contribution in [0.5, 0.6) is 0 Å². The number of carbonyl (C=O) groups is 3. The van der Waals surface area contributed by atoms with E-state index in [4.69, 9.17) is 5.11 Å². The minimum absolute atomic E-state index is 0.0105. The monoisotopic (exact) mass is 291 g/mol. The summed E-state index contributed by atoms with van der Waals surface area (Å²) < 4.78 is 0. The predicted molar refractivity (Wildman–Crippen MR) is 65.1 cm³/mol. The Balaban J connectivity index is 3.46. The maximum Gasteiger partial charge on any atom is 0.322 e. The average Bonchev–Trinajstić information content (AvgIpc) is 2.35. The highest BCUT2D eigenvalue weighted by Crippen LogP contribution is 1.96. The molecule has 0 aromatic heterocycles. The normalized spacial score (nSPS) is 9.60. The lowest BCUT2D eigenvalue weighted by molar-refractivity contribution is -0.757. The van der Waals surface area contributed by atoms with Crippen LogP contribution in [0.2, 0.25) is 0 Å². The van der Waals surface area contributed by atoms with Gasteiger partial charge in [0.15, 0.2) is 0 Å². The maximum atomic E-state index is 11.3. The van der Waals surface area contributed by atoms with Gasteiger partial charge in [0.2, 0.25) is 11.8 Å². The molecule has 0 saturated heterocycles. The van der Waals surface area contributed by atoms with Crippen molar-refractivity contribution in [3.63, 3.8) is 0 Å². The van der Waals surface area contributed by atoms with Crippen molar-refractivity contribution in [3.05, 3.63) is 10.1 Å². The van der Waals surface area contributed by atoms with Crippen molar-refractivity contribution < 1.29 is 29.4 Å².